The summed E-state index contributed by atoms with van der Waals surface area (Å²) in [6.07, 6.45) is 0. The predicted octanol–water partition coefficient (Wildman–Crippen LogP) is 2.86. The summed E-state index contributed by atoms with van der Waals surface area (Å²) in [6, 6.07) is 9.56. The normalized spacial score (nSPS) is 9.90. The van der Waals surface area contributed by atoms with E-state index in [-0.39, 0.29) is 0 Å². The molecule has 1 nitrogen and oxygen atoms in total. The van der Waals surface area contributed by atoms with Gasteiger partial charge in [-0.1, -0.05) is 41.4 Å². The van der Waals surface area contributed by atoms with Crippen molar-refractivity contribution in [3.05, 3.63) is 30.3 Å². The van der Waals surface area contributed by atoms with E-state index in [1.54, 1.807) is 0 Å². The maximum Gasteiger partial charge on any atom is 0.177 e. The van der Waals surface area contributed by atoms with Crippen molar-refractivity contribution in [2.45, 2.75) is 4.96 Å². The minimum Gasteiger partial charge on any atom is -0.357 e. The topological polar surface area (TPSA) is 12.0 Å². The van der Waals surface area contributed by atoms with Gasteiger partial charge in [0, 0.05) is 5.69 Å². The Labute approximate surface area is 70.0 Å². The molecule has 0 heterocycles. The van der Waals surface area contributed by atoms with E-state index in [9.17, 15) is 0 Å². The van der Waals surface area contributed by atoms with E-state index < -0.39 is 4.96 Å². The molecular formula is C7H7Cl2N. The number of para-hydroxylation sites is 1. The van der Waals surface area contributed by atoms with E-state index in [4.69, 9.17) is 23.2 Å². The zero-order chi connectivity index (χ0) is 7.40. The van der Waals surface area contributed by atoms with Crippen LogP contribution in [-0.4, -0.2) is 4.96 Å². The van der Waals surface area contributed by atoms with E-state index in [2.05, 4.69) is 5.32 Å². The van der Waals surface area contributed by atoms with Crippen molar-refractivity contribution < 1.29 is 0 Å². The van der Waals surface area contributed by atoms with Crippen LogP contribution in [0.4, 0.5) is 5.69 Å². The summed E-state index contributed by atoms with van der Waals surface area (Å²) in [5, 5.41) is 2.84. The van der Waals surface area contributed by atoms with Crippen LogP contribution >= 0.6 is 23.2 Å². The number of benzene rings is 1. The zero-order valence-corrected chi connectivity index (χ0v) is 6.73. The van der Waals surface area contributed by atoms with Crippen molar-refractivity contribution in [2.75, 3.05) is 5.32 Å². The molecule has 0 bridgehead atoms. The van der Waals surface area contributed by atoms with E-state index >= 15 is 0 Å². The molecule has 0 saturated carbocycles. The number of rotatable bonds is 2. The third kappa shape index (κ3) is 2.46. The standard InChI is InChI=1S/C7H7Cl2N/c8-7(9)10-6-4-2-1-3-5-6/h1-5,7,10H. The summed E-state index contributed by atoms with van der Waals surface area (Å²) >= 11 is 10.9. The molecule has 3 heteroatoms. The SMILES string of the molecule is ClC(Cl)Nc1ccccc1. The van der Waals surface area contributed by atoms with E-state index in [0.29, 0.717) is 0 Å². The molecule has 0 fully saturated rings. The fourth-order valence-electron chi connectivity index (χ4n) is 0.660. The largest absolute Gasteiger partial charge is 0.357 e. The molecule has 1 rings (SSSR count). The molecule has 0 spiro atoms. The lowest BCUT2D eigenvalue weighted by atomic mass is 10.3. The Hall–Kier alpha value is -0.400. The van der Waals surface area contributed by atoms with Crippen LogP contribution in [0.3, 0.4) is 0 Å². The first-order valence-electron chi connectivity index (χ1n) is 2.89. The highest BCUT2D eigenvalue weighted by molar-refractivity contribution is 6.45. The van der Waals surface area contributed by atoms with Crippen molar-refractivity contribution >= 4 is 28.9 Å². The van der Waals surface area contributed by atoms with Crippen LogP contribution in [0.2, 0.25) is 0 Å². The Bertz CT molecular complexity index is 186. The van der Waals surface area contributed by atoms with E-state index in [1.165, 1.54) is 0 Å². The second-order valence-corrected chi connectivity index (χ2v) is 2.91. The number of alkyl halides is 2. The highest BCUT2D eigenvalue weighted by Gasteiger charge is 1.94. The Kier molecular flexibility index (Phi) is 2.84. The maximum absolute atomic E-state index is 5.47. The summed E-state index contributed by atoms with van der Waals surface area (Å²) < 4.78 is 0. The van der Waals surface area contributed by atoms with Gasteiger partial charge in [0.05, 0.1) is 0 Å². The second kappa shape index (κ2) is 3.69. The van der Waals surface area contributed by atoms with Crippen LogP contribution in [0.25, 0.3) is 0 Å². The van der Waals surface area contributed by atoms with Gasteiger partial charge < -0.3 is 5.32 Å². The number of halogens is 2. The van der Waals surface area contributed by atoms with Gasteiger partial charge in [0.25, 0.3) is 0 Å². The molecule has 1 N–H and O–H groups in total. The lowest BCUT2D eigenvalue weighted by molar-refractivity contribution is 1.36. The highest BCUT2D eigenvalue weighted by atomic mass is 35.5. The van der Waals surface area contributed by atoms with Gasteiger partial charge in [-0.25, -0.2) is 0 Å². The Morgan fingerprint density at radius 2 is 1.70 bits per heavy atom. The minimum absolute atomic E-state index is 0.539. The number of hydrogen-bond acceptors (Lipinski definition) is 1. The van der Waals surface area contributed by atoms with Crippen molar-refractivity contribution in [3.8, 4) is 0 Å². The van der Waals surface area contributed by atoms with Crippen LogP contribution < -0.4 is 5.32 Å². The lowest BCUT2D eigenvalue weighted by Gasteiger charge is -2.04. The first kappa shape index (κ1) is 7.70. The molecule has 54 valence electrons. The molecule has 1 aromatic rings. The van der Waals surface area contributed by atoms with Gasteiger partial charge in [-0.3, -0.25) is 0 Å². The Morgan fingerprint density at radius 3 is 2.20 bits per heavy atom. The van der Waals surface area contributed by atoms with Crippen LogP contribution in [0.1, 0.15) is 0 Å². The average Bonchev–Trinajstić information content (AvgIpc) is 1.88. The van der Waals surface area contributed by atoms with Crippen molar-refractivity contribution in [1.29, 1.82) is 0 Å². The van der Waals surface area contributed by atoms with Gasteiger partial charge in [-0.2, -0.15) is 0 Å². The highest BCUT2D eigenvalue weighted by Crippen LogP contribution is 2.10. The van der Waals surface area contributed by atoms with E-state index in [0.717, 1.165) is 5.69 Å². The maximum atomic E-state index is 5.47. The van der Waals surface area contributed by atoms with Gasteiger partial charge >= 0.3 is 0 Å². The molecular weight excluding hydrogens is 169 g/mol. The van der Waals surface area contributed by atoms with Crippen LogP contribution in [0.5, 0.6) is 0 Å². The number of hydrogen-bond donors (Lipinski definition) is 1. The minimum atomic E-state index is -0.539. The zero-order valence-electron chi connectivity index (χ0n) is 5.22. The molecule has 0 aliphatic rings. The van der Waals surface area contributed by atoms with Gasteiger partial charge in [-0.05, 0) is 12.1 Å². The van der Waals surface area contributed by atoms with Gasteiger partial charge in [-0.15, -0.1) is 0 Å². The van der Waals surface area contributed by atoms with Gasteiger partial charge in [0.15, 0.2) is 4.96 Å². The fourth-order valence-corrected chi connectivity index (χ4v) is 0.912. The molecule has 0 radical (unpaired) electrons. The number of nitrogens with one attached hydrogen (secondary N) is 1. The van der Waals surface area contributed by atoms with Crippen LogP contribution in [0.15, 0.2) is 30.3 Å². The molecule has 0 aliphatic carbocycles. The monoisotopic (exact) mass is 175 g/mol. The summed E-state index contributed by atoms with van der Waals surface area (Å²) in [4.78, 5) is -0.539. The lowest BCUT2D eigenvalue weighted by Crippen LogP contribution is -2.02. The van der Waals surface area contributed by atoms with Crippen molar-refractivity contribution in [2.24, 2.45) is 0 Å². The Morgan fingerprint density at radius 1 is 1.10 bits per heavy atom. The summed E-state index contributed by atoms with van der Waals surface area (Å²) in [5.74, 6) is 0. The summed E-state index contributed by atoms with van der Waals surface area (Å²) in [7, 11) is 0. The fraction of sp³-hybridized carbons (Fsp3) is 0.143. The van der Waals surface area contributed by atoms with Crippen molar-refractivity contribution in [3.63, 3.8) is 0 Å². The second-order valence-electron chi connectivity index (χ2n) is 1.81. The molecule has 0 atom stereocenters. The van der Waals surface area contributed by atoms with Gasteiger partial charge in [0.1, 0.15) is 0 Å². The third-order valence-electron chi connectivity index (χ3n) is 1.05. The van der Waals surface area contributed by atoms with Crippen molar-refractivity contribution in [1.82, 2.24) is 0 Å². The molecule has 1 aromatic carbocycles. The van der Waals surface area contributed by atoms with E-state index in [1.807, 2.05) is 30.3 Å². The summed E-state index contributed by atoms with van der Waals surface area (Å²) in [5.41, 5.74) is 0.928. The third-order valence-corrected chi connectivity index (χ3v) is 1.27. The summed E-state index contributed by atoms with van der Waals surface area (Å²) in [6.45, 7) is 0. The molecule has 0 aromatic heterocycles. The molecule has 0 aliphatic heterocycles. The van der Waals surface area contributed by atoms with Crippen LogP contribution in [0, 0.1) is 0 Å². The molecule has 10 heavy (non-hydrogen) atoms. The average molecular weight is 176 g/mol. The van der Waals surface area contributed by atoms with Crippen LogP contribution in [-0.2, 0) is 0 Å². The molecule has 0 unspecified atom stereocenters. The van der Waals surface area contributed by atoms with Gasteiger partial charge in [0.2, 0.25) is 0 Å². The molecule has 0 saturated heterocycles. The smallest absolute Gasteiger partial charge is 0.177 e. The first-order valence-corrected chi connectivity index (χ1v) is 3.76. The predicted molar refractivity (Wildman–Crippen MR) is 45.6 cm³/mol. The number of anilines is 1. The quantitative estimate of drug-likeness (QED) is 0.539. The Balaban J connectivity index is 2.59. The molecule has 0 amide bonds. The first-order chi connectivity index (χ1) is 4.79.